The molecular weight excluding hydrogens is 476 g/mol. The van der Waals surface area contributed by atoms with E-state index >= 15 is 0 Å². The van der Waals surface area contributed by atoms with Crippen molar-refractivity contribution in [1.29, 1.82) is 0 Å². The quantitative estimate of drug-likeness (QED) is 0.295. The lowest BCUT2D eigenvalue weighted by Crippen LogP contribution is -2.30. The Labute approximate surface area is 210 Å². The van der Waals surface area contributed by atoms with E-state index in [1.165, 1.54) is 28.6 Å². The van der Waals surface area contributed by atoms with Gasteiger partial charge in [-0.25, -0.2) is 8.42 Å². The fourth-order valence-electron chi connectivity index (χ4n) is 4.01. The Balaban J connectivity index is 1.57. The Morgan fingerprint density at radius 2 is 1.47 bits per heavy atom. The summed E-state index contributed by atoms with van der Waals surface area (Å²) in [6.45, 7) is 6.14. The van der Waals surface area contributed by atoms with Crippen LogP contribution in [-0.2, 0) is 10.0 Å². The van der Waals surface area contributed by atoms with E-state index < -0.39 is 10.0 Å². The first-order valence-corrected chi connectivity index (χ1v) is 13.2. The zero-order valence-corrected chi connectivity index (χ0v) is 21.3. The number of benzene rings is 3. The van der Waals surface area contributed by atoms with Gasteiger partial charge >= 0.3 is 0 Å². The predicted molar refractivity (Wildman–Crippen MR) is 140 cm³/mol. The van der Waals surface area contributed by atoms with Crippen molar-refractivity contribution in [2.45, 2.75) is 25.7 Å². The summed E-state index contributed by atoms with van der Waals surface area (Å²) in [7, 11) is -3.60. The lowest BCUT2D eigenvalue weighted by molar-refractivity contribution is 0.0997. The largest absolute Gasteiger partial charge is 0.450 e. The van der Waals surface area contributed by atoms with Crippen LogP contribution in [0.25, 0.3) is 11.0 Å². The van der Waals surface area contributed by atoms with E-state index in [1.807, 2.05) is 37.3 Å². The van der Waals surface area contributed by atoms with Gasteiger partial charge in [0.1, 0.15) is 5.58 Å². The summed E-state index contributed by atoms with van der Waals surface area (Å²) in [5.74, 6) is -0.401. The molecule has 0 atom stereocenters. The number of carbonyl (C=O) groups excluding carboxylic acids is 2. The minimum atomic E-state index is -3.60. The number of fused-ring (bicyclic) bond motifs is 1. The van der Waals surface area contributed by atoms with Crippen LogP contribution in [0.4, 0.5) is 5.69 Å². The van der Waals surface area contributed by atoms with E-state index in [0.29, 0.717) is 40.9 Å². The van der Waals surface area contributed by atoms with Gasteiger partial charge in [-0.15, -0.1) is 0 Å². The van der Waals surface area contributed by atoms with E-state index in [1.54, 1.807) is 32.0 Å². The van der Waals surface area contributed by atoms with Crippen LogP contribution < -0.4 is 5.32 Å². The van der Waals surface area contributed by atoms with Gasteiger partial charge in [-0.1, -0.05) is 55.8 Å². The van der Waals surface area contributed by atoms with Gasteiger partial charge in [-0.2, -0.15) is 4.31 Å². The Morgan fingerprint density at radius 1 is 0.861 bits per heavy atom. The molecule has 0 saturated carbocycles. The number of hydrogen-bond donors (Lipinski definition) is 1. The van der Waals surface area contributed by atoms with Crippen LogP contribution in [0.1, 0.15) is 45.9 Å². The van der Waals surface area contributed by atoms with Crippen molar-refractivity contribution in [2.24, 2.45) is 0 Å². The number of aryl methyl sites for hydroxylation is 1. The maximum absolute atomic E-state index is 13.2. The minimum Gasteiger partial charge on any atom is -0.450 e. The summed E-state index contributed by atoms with van der Waals surface area (Å²) in [6.07, 6.45) is 0. The molecule has 0 aliphatic rings. The standard InChI is InChI=1S/C28H28N2O5S/c1-4-30(5-2)36(33,34)22-16-14-20(15-17-22)24(31)18-29-26-23-8-6-7-9-25(23)35-28(26)27(32)21-12-10-19(3)11-13-21/h6-17,29H,4-5,18H2,1-3H3. The van der Waals surface area contributed by atoms with Gasteiger partial charge in [-0.3, -0.25) is 9.59 Å². The number of hydrogen-bond acceptors (Lipinski definition) is 6. The first-order valence-electron chi connectivity index (χ1n) is 11.8. The molecule has 0 amide bonds. The highest BCUT2D eigenvalue weighted by molar-refractivity contribution is 7.89. The molecule has 1 aromatic heterocycles. The van der Waals surface area contributed by atoms with Crippen LogP contribution in [0.3, 0.4) is 0 Å². The van der Waals surface area contributed by atoms with E-state index in [-0.39, 0.29) is 28.8 Å². The lowest BCUT2D eigenvalue weighted by Gasteiger charge is -2.18. The fourth-order valence-corrected chi connectivity index (χ4v) is 5.47. The molecule has 1 N–H and O–H groups in total. The highest BCUT2D eigenvalue weighted by Gasteiger charge is 2.24. The smallest absolute Gasteiger partial charge is 0.243 e. The van der Waals surface area contributed by atoms with E-state index in [0.717, 1.165) is 5.56 Å². The summed E-state index contributed by atoms with van der Waals surface area (Å²) in [6, 6.07) is 20.3. The first-order chi connectivity index (χ1) is 17.3. The van der Waals surface area contributed by atoms with Crippen molar-refractivity contribution >= 4 is 38.2 Å². The molecule has 0 unspecified atom stereocenters. The number of anilines is 1. The van der Waals surface area contributed by atoms with Crippen molar-refractivity contribution in [3.8, 4) is 0 Å². The normalized spacial score (nSPS) is 11.7. The zero-order valence-electron chi connectivity index (χ0n) is 20.4. The average Bonchev–Trinajstić information content (AvgIpc) is 3.26. The molecule has 7 nitrogen and oxygen atoms in total. The number of sulfonamides is 1. The van der Waals surface area contributed by atoms with Crippen molar-refractivity contribution in [3.05, 3.63) is 95.2 Å². The lowest BCUT2D eigenvalue weighted by atomic mass is 10.1. The van der Waals surface area contributed by atoms with E-state index in [9.17, 15) is 18.0 Å². The van der Waals surface area contributed by atoms with Gasteiger partial charge in [0.2, 0.25) is 15.8 Å². The number of para-hydroxylation sites is 1. The highest BCUT2D eigenvalue weighted by atomic mass is 32.2. The van der Waals surface area contributed by atoms with Crippen LogP contribution in [-0.4, -0.2) is 43.9 Å². The number of nitrogens with zero attached hydrogens (tertiary/aromatic N) is 1. The van der Waals surface area contributed by atoms with E-state index in [4.69, 9.17) is 4.42 Å². The Kier molecular flexibility index (Phi) is 7.37. The molecule has 0 aliphatic heterocycles. The average molecular weight is 505 g/mol. The van der Waals surface area contributed by atoms with Gasteiger partial charge in [-0.05, 0) is 43.3 Å². The third-order valence-electron chi connectivity index (χ3n) is 6.06. The molecule has 3 aromatic carbocycles. The monoisotopic (exact) mass is 504 g/mol. The van der Waals surface area contributed by atoms with Crippen LogP contribution in [0.15, 0.2) is 82.1 Å². The molecule has 8 heteroatoms. The SMILES string of the molecule is CCN(CC)S(=O)(=O)c1ccc(C(=O)CNc2c(C(=O)c3ccc(C)cc3)oc3ccccc23)cc1. The molecule has 186 valence electrons. The topological polar surface area (TPSA) is 96.7 Å². The molecule has 0 saturated heterocycles. The van der Waals surface area contributed by atoms with Crippen molar-refractivity contribution in [3.63, 3.8) is 0 Å². The highest BCUT2D eigenvalue weighted by Crippen LogP contribution is 2.32. The molecule has 0 spiro atoms. The van der Waals surface area contributed by atoms with Gasteiger partial charge in [0.05, 0.1) is 17.1 Å². The van der Waals surface area contributed by atoms with Gasteiger partial charge in [0.15, 0.2) is 11.5 Å². The number of rotatable bonds is 10. The summed E-state index contributed by atoms with van der Waals surface area (Å²) in [5, 5.41) is 3.78. The first kappa shape index (κ1) is 25.3. The zero-order chi connectivity index (χ0) is 25.9. The number of carbonyl (C=O) groups is 2. The van der Waals surface area contributed by atoms with Crippen molar-refractivity contribution in [1.82, 2.24) is 4.31 Å². The number of ketones is 2. The van der Waals surface area contributed by atoms with Crippen molar-refractivity contribution < 1.29 is 22.4 Å². The van der Waals surface area contributed by atoms with Gasteiger partial charge in [0, 0.05) is 29.6 Å². The second kappa shape index (κ2) is 10.5. The summed E-state index contributed by atoms with van der Waals surface area (Å²) in [4.78, 5) is 26.3. The Morgan fingerprint density at radius 3 is 2.11 bits per heavy atom. The number of Topliss-reactive ketones (excluding diaryl/α,β-unsaturated/α-hetero) is 1. The van der Waals surface area contributed by atoms with E-state index in [2.05, 4.69) is 5.32 Å². The number of furan rings is 1. The molecule has 1 heterocycles. The van der Waals surface area contributed by atoms with Crippen LogP contribution in [0.5, 0.6) is 0 Å². The molecule has 0 aliphatic carbocycles. The predicted octanol–water partition coefficient (Wildman–Crippen LogP) is 5.30. The summed E-state index contributed by atoms with van der Waals surface area (Å²) in [5.41, 5.74) is 2.87. The summed E-state index contributed by atoms with van der Waals surface area (Å²) < 4.78 is 32.7. The van der Waals surface area contributed by atoms with Crippen LogP contribution >= 0.6 is 0 Å². The summed E-state index contributed by atoms with van der Waals surface area (Å²) >= 11 is 0. The maximum Gasteiger partial charge on any atom is 0.243 e. The third-order valence-corrected chi connectivity index (χ3v) is 8.12. The Bertz CT molecular complexity index is 1500. The fraction of sp³-hybridized carbons (Fsp3) is 0.214. The second-order valence-electron chi connectivity index (χ2n) is 8.39. The van der Waals surface area contributed by atoms with Gasteiger partial charge in [0.25, 0.3) is 0 Å². The molecule has 0 bridgehead atoms. The molecule has 36 heavy (non-hydrogen) atoms. The van der Waals surface area contributed by atoms with Gasteiger partial charge < -0.3 is 9.73 Å². The Hall–Kier alpha value is -3.75. The second-order valence-corrected chi connectivity index (χ2v) is 10.3. The van der Waals surface area contributed by atoms with Crippen molar-refractivity contribution in [2.75, 3.05) is 25.0 Å². The van der Waals surface area contributed by atoms with Crippen LogP contribution in [0.2, 0.25) is 0 Å². The molecule has 4 rings (SSSR count). The maximum atomic E-state index is 13.2. The molecule has 0 radical (unpaired) electrons. The minimum absolute atomic E-state index is 0.0974. The van der Waals surface area contributed by atoms with Crippen LogP contribution in [0, 0.1) is 6.92 Å². The third kappa shape index (κ3) is 4.96. The number of nitrogens with one attached hydrogen (secondary N) is 1. The molecule has 0 fully saturated rings. The molecular formula is C28H28N2O5S. The molecule has 4 aromatic rings.